The number of para-hydroxylation sites is 1. The highest BCUT2D eigenvalue weighted by Gasteiger charge is 2.40. The molecule has 2 heterocycles. The molecule has 2 amide bonds. The van der Waals surface area contributed by atoms with E-state index >= 15 is 0 Å². The number of aryl methyl sites for hydroxylation is 1. The quantitative estimate of drug-likeness (QED) is 0.658. The third-order valence-electron chi connectivity index (χ3n) is 5.90. The van der Waals surface area contributed by atoms with Crippen LogP contribution in [0.25, 0.3) is 10.9 Å². The van der Waals surface area contributed by atoms with Gasteiger partial charge >= 0.3 is 6.03 Å². The van der Waals surface area contributed by atoms with Gasteiger partial charge in [0.2, 0.25) is 0 Å². The second kappa shape index (κ2) is 7.39. The Morgan fingerprint density at radius 2 is 2.03 bits per heavy atom. The van der Waals surface area contributed by atoms with Crippen LogP contribution >= 0.6 is 0 Å². The van der Waals surface area contributed by atoms with Crippen molar-refractivity contribution in [3.8, 4) is 5.75 Å². The first-order chi connectivity index (χ1) is 14.0. The lowest BCUT2D eigenvalue weighted by molar-refractivity contribution is 0.0205. The number of fused-ring (bicyclic) bond motifs is 2. The highest BCUT2D eigenvalue weighted by atomic mass is 19.1. The molecular formula is C22H25FN4O2. The second-order valence-electron chi connectivity index (χ2n) is 7.51. The van der Waals surface area contributed by atoms with Crippen molar-refractivity contribution < 1.29 is 13.9 Å². The van der Waals surface area contributed by atoms with Crippen LogP contribution in [-0.2, 0) is 7.05 Å². The molecule has 1 aliphatic rings. The Hall–Kier alpha value is -3.09. The van der Waals surface area contributed by atoms with E-state index in [1.54, 1.807) is 23.0 Å². The van der Waals surface area contributed by atoms with Crippen molar-refractivity contribution in [2.45, 2.75) is 44.8 Å². The molecule has 0 saturated carbocycles. The van der Waals surface area contributed by atoms with Crippen LogP contribution in [0, 0.1) is 5.82 Å². The molecule has 0 unspecified atom stereocenters. The average Bonchev–Trinajstić information content (AvgIpc) is 3.10. The summed E-state index contributed by atoms with van der Waals surface area (Å²) < 4.78 is 22.3. The summed E-state index contributed by atoms with van der Waals surface area (Å²) in [5, 5.41) is 11.0. The van der Waals surface area contributed by atoms with E-state index in [0.29, 0.717) is 17.7 Å². The summed E-state index contributed by atoms with van der Waals surface area (Å²) in [4.78, 5) is 12.8. The first kappa shape index (κ1) is 19.2. The lowest BCUT2D eigenvalue weighted by atomic mass is 9.83. The molecule has 4 rings (SSSR count). The maximum atomic E-state index is 14.5. The number of urea groups is 1. The number of carbonyl (C=O) groups is 1. The monoisotopic (exact) mass is 396 g/mol. The first-order valence-electron chi connectivity index (χ1n) is 9.92. The maximum Gasteiger partial charge on any atom is 0.319 e. The molecule has 0 saturated heterocycles. The van der Waals surface area contributed by atoms with E-state index < -0.39 is 11.4 Å². The number of hydrogen-bond acceptors (Lipinski definition) is 3. The van der Waals surface area contributed by atoms with Gasteiger partial charge in [-0.05, 0) is 31.0 Å². The number of nitrogens with one attached hydrogen (secondary N) is 2. The van der Waals surface area contributed by atoms with Crippen LogP contribution in [0.5, 0.6) is 5.75 Å². The molecule has 2 N–H and O–H groups in total. The fourth-order valence-electron chi connectivity index (χ4n) is 4.06. The highest BCUT2D eigenvalue weighted by Crippen LogP contribution is 2.44. The predicted octanol–water partition coefficient (Wildman–Crippen LogP) is 4.92. The van der Waals surface area contributed by atoms with Gasteiger partial charge < -0.3 is 15.4 Å². The SMILES string of the molecule is CCC1(CC)C[C@@H](NC(=O)Nc2cccc3c2cnn3C)c2cccc(F)c2O1. The van der Waals surface area contributed by atoms with Crippen LogP contribution in [0.2, 0.25) is 0 Å². The zero-order valence-corrected chi connectivity index (χ0v) is 16.8. The lowest BCUT2D eigenvalue weighted by Gasteiger charge is -2.41. The predicted molar refractivity (Wildman–Crippen MR) is 111 cm³/mol. The Labute approximate surface area is 169 Å². The summed E-state index contributed by atoms with van der Waals surface area (Å²) in [6, 6.07) is 9.81. The van der Waals surface area contributed by atoms with Crippen LogP contribution in [0.15, 0.2) is 42.6 Å². The number of amides is 2. The Kier molecular flexibility index (Phi) is 4.90. The third-order valence-corrected chi connectivity index (χ3v) is 5.90. The lowest BCUT2D eigenvalue weighted by Crippen LogP contribution is -2.45. The van der Waals surface area contributed by atoms with E-state index in [4.69, 9.17) is 4.74 Å². The molecule has 29 heavy (non-hydrogen) atoms. The Morgan fingerprint density at radius 3 is 2.79 bits per heavy atom. The summed E-state index contributed by atoms with van der Waals surface area (Å²) in [5.74, 6) is -0.164. The van der Waals surface area contributed by atoms with Crippen molar-refractivity contribution in [3.63, 3.8) is 0 Å². The van der Waals surface area contributed by atoms with Crippen LogP contribution in [0.3, 0.4) is 0 Å². The molecule has 0 fully saturated rings. The van der Waals surface area contributed by atoms with Gasteiger partial charge in [-0.25, -0.2) is 9.18 Å². The van der Waals surface area contributed by atoms with Gasteiger partial charge in [0.25, 0.3) is 0 Å². The van der Waals surface area contributed by atoms with E-state index in [1.165, 1.54) is 6.07 Å². The molecule has 7 heteroatoms. The summed E-state index contributed by atoms with van der Waals surface area (Å²) in [6.45, 7) is 4.05. The number of ether oxygens (including phenoxy) is 1. The fraction of sp³-hybridized carbons (Fsp3) is 0.364. The molecule has 1 aliphatic heterocycles. The molecule has 1 aromatic heterocycles. The maximum absolute atomic E-state index is 14.5. The number of carbonyl (C=O) groups excluding carboxylic acids is 1. The van der Waals surface area contributed by atoms with Gasteiger partial charge in [0, 0.05) is 24.4 Å². The average molecular weight is 396 g/mol. The third kappa shape index (κ3) is 3.41. The second-order valence-corrected chi connectivity index (χ2v) is 7.51. The molecule has 0 bridgehead atoms. The Balaban J connectivity index is 1.61. The molecular weight excluding hydrogens is 371 g/mol. The normalized spacial score (nSPS) is 17.4. The van der Waals surface area contributed by atoms with Crippen molar-refractivity contribution in [3.05, 3.63) is 54.0 Å². The summed E-state index contributed by atoms with van der Waals surface area (Å²) in [7, 11) is 1.86. The van der Waals surface area contributed by atoms with Gasteiger partial charge in [-0.2, -0.15) is 5.10 Å². The van der Waals surface area contributed by atoms with E-state index in [0.717, 1.165) is 23.7 Å². The zero-order chi connectivity index (χ0) is 20.6. The smallest absolute Gasteiger partial charge is 0.319 e. The number of halogens is 1. The van der Waals surface area contributed by atoms with E-state index in [2.05, 4.69) is 15.7 Å². The van der Waals surface area contributed by atoms with E-state index in [-0.39, 0.29) is 17.8 Å². The Bertz CT molecular complexity index is 1060. The van der Waals surface area contributed by atoms with Crippen LogP contribution in [0.1, 0.15) is 44.7 Å². The summed E-state index contributed by atoms with van der Waals surface area (Å²) in [5.41, 5.74) is 1.77. The van der Waals surface area contributed by atoms with E-state index in [1.807, 2.05) is 39.1 Å². The first-order valence-corrected chi connectivity index (χ1v) is 9.92. The molecule has 2 aromatic carbocycles. The summed E-state index contributed by atoms with van der Waals surface area (Å²) >= 11 is 0. The highest BCUT2D eigenvalue weighted by molar-refractivity contribution is 6.00. The number of benzene rings is 2. The van der Waals surface area contributed by atoms with Gasteiger partial charge in [0.1, 0.15) is 5.60 Å². The van der Waals surface area contributed by atoms with E-state index in [9.17, 15) is 9.18 Å². The van der Waals surface area contributed by atoms with Gasteiger partial charge in [0.15, 0.2) is 11.6 Å². The molecule has 1 atom stereocenters. The van der Waals surface area contributed by atoms with Crippen molar-refractivity contribution >= 4 is 22.6 Å². The largest absolute Gasteiger partial charge is 0.484 e. The molecule has 0 spiro atoms. The number of nitrogens with zero attached hydrogens (tertiary/aromatic N) is 2. The minimum absolute atomic E-state index is 0.238. The Morgan fingerprint density at radius 1 is 1.28 bits per heavy atom. The number of rotatable bonds is 4. The number of anilines is 1. The van der Waals surface area contributed by atoms with Crippen molar-refractivity contribution in [2.75, 3.05) is 5.32 Å². The standard InChI is InChI=1S/C22H25FN4O2/c1-4-22(5-2)12-18(14-8-6-9-16(23)20(14)29-22)26-21(28)25-17-10-7-11-19-15(17)13-24-27(19)3/h6-11,13,18H,4-5,12H2,1-3H3,(H2,25,26,28)/t18-/m1/s1. The van der Waals surface area contributed by atoms with Gasteiger partial charge in [-0.15, -0.1) is 0 Å². The number of hydrogen-bond donors (Lipinski definition) is 2. The molecule has 0 radical (unpaired) electrons. The van der Waals surface area contributed by atoms with Crippen molar-refractivity contribution in [1.29, 1.82) is 0 Å². The van der Waals surface area contributed by atoms with Crippen LogP contribution in [0.4, 0.5) is 14.9 Å². The molecule has 152 valence electrons. The fourth-order valence-corrected chi connectivity index (χ4v) is 4.06. The summed E-state index contributed by atoms with van der Waals surface area (Å²) in [6.07, 6.45) is 3.77. The van der Waals surface area contributed by atoms with Gasteiger partial charge in [0.05, 0.1) is 23.4 Å². The van der Waals surface area contributed by atoms with Crippen LogP contribution in [-0.4, -0.2) is 21.4 Å². The van der Waals surface area contributed by atoms with Gasteiger partial charge in [-0.1, -0.05) is 32.0 Å². The zero-order valence-electron chi connectivity index (χ0n) is 16.8. The molecule has 6 nitrogen and oxygen atoms in total. The van der Waals surface area contributed by atoms with Crippen molar-refractivity contribution in [1.82, 2.24) is 15.1 Å². The number of aromatic nitrogens is 2. The minimum Gasteiger partial charge on any atom is -0.484 e. The van der Waals surface area contributed by atoms with Gasteiger partial charge in [-0.3, -0.25) is 4.68 Å². The van der Waals surface area contributed by atoms with Crippen LogP contribution < -0.4 is 15.4 Å². The topological polar surface area (TPSA) is 68.2 Å². The minimum atomic E-state index is -0.503. The van der Waals surface area contributed by atoms with Crippen molar-refractivity contribution in [2.24, 2.45) is 7.05 Å². The molecule has 3 aromatic rings. The molecule has 0 aliphatic carbocycles.